The van der Waals surface area contributed by atoms with Gasteiger partial charge in [0.15, 0.2) is 0 Å². The van der Waals surface area contributed by atoms with E-state index in [9.17, 15) is 9.59 Å². The minimum atomic E-state index is -0.0759. The summed E-state index contributed by atoms with van der Waals surface area (Å²) < 4.78 is 5.04. The molecule has 108 valence electrons. The highest BCUT2D eigenvalue weighted by molar-refractivity contribution is 6.30. The van der Waals surface area contributed by atoms with Crippen LogP contribution in [0.4, 0.5) is 0 Å². The maximum Gasteiger partial charge on any atom is 0.248 e. The number of carbonyl (C=O) groups is 2. The van der Waals surface area contributed by atoms with Crippen LogP contribution in [0.15, 0.2) is 24.3 Å². The number of nitrogens with zero attached hydrogens (tertiary/aromatic N) is 1. The molecule has 1 aromatic carbocycles. The van der Waals surface area contributed by atoms with Crippen molar-refractivity contribution in [3.63, 3.8) is 0 Å². The second-order valence-electron chi connectivity index (χ2n) is 4.59. The number of hydrogen-bond acceptors (Lipinski definition) is 3. The van der Waals surface area contributed by atoms with Gasteiger partial charge in [0.05, 0.1) is 13.0 Å². The normalized spacial score (nSPS) is 15.2. The zero-order valence-corrected chi connectivity index (χ0v) is 11.9. The number of amides is 2. The van der Waals surface area contributed by atoms with E-state index in [1.165, 1.54) is 0 Å². The van der Waals surface area contributed by atoms with E-state index < -0.39 is 0 Å². The van der Waals surface area contributed by atoms with E-state index in [1.807, 2.05) is 12.1 Å². The van der Waals surface area contributed by atoms with Crippen LogP contribution >= 0.6 is 11.6 Å². The van der Waals surface area contributed by atoms with E-state index >= 15 is 0 Å². The van der Waals surface area contributed by atoms with Gasteiger partial charge >= 0.3 is 0 Å². The summed E-state index contributed by atoms with van der Waals surface area (Å²) in [5.74, 6) is -0.103. The van der Waals surface area contributed by atoms with Crippen LogP contribution in [0, 0.1) is 0 Å². The molecule has 6 heteroatoms. The van der Waals surface area contributed by atoms with Crippen LogP contribution in [0.5, 0.6) is 0 Å². The summed E-state index contributed by atoms with van der Waals surface area (Å²) >= 11 is 5.86. The Morgan fingerprint density at radius 1 is 1.45 bits per heavy atom. The van der Waals surface area contributed by atoms with Crippen LogP contribution in [-0.4, -0.2) is 49.6 Å². The second kappa shape index (κ2) is 7.26. The lowest BCUT2D eigenvalue weighted by molar-refractivity contribution is -0.142. The van der Waals surface area contributed by atoms with Crippen molar-refractivity contribution in [2.24, 2.45) is 0 Å². The van der Waals surface area contributed by atoms with Crippen LogP contribution in [0.25, 0.3) is 0 Å². The lowest BCUT2D eigenvalue weighted by Crippen LogP contribution is -2.45. The lowest BCUT2D eigenvalue weighted by Gasteiger charge is -2.26. The molecule has 0 aliphatic carbocycles. The topological polar surface area (TPSA) is 58.6 Å². The number of hydrogen-bond donors (Lipinski definition) is 1. The van der Waals surface area contributed by atoms with Crippen molar-refractivity contribution >= 4 is 23.4 Å². The molecule has 1 N–H and O–H groups in total. The first-order valence-electron chi connectivity index (χ1n) is 6.52. The van der Waals surface area contributed by atoms with E-state index in [4.69, 9.17) is 16.3 Å². The number of nitrogens with one attached hydrogen (secondary N) is 1. The molecular formula is C14H17ClN2O3. The number of benzene rings is 1. The van der Waals surface area contributed by atoms with Gasteiger partial charge in [-0.05, 0) is 17.7 Å². The molecule has 0 radical (unpaired) electrons. The maximum absolute atomic E-state index is 11.8. The molecule has 1 heterocycles. The molecule has 1 aliphatic rings. The van der Waals surface area contributed by atoms with E-state index in [0.29, 0.717) is 31.3 Å². The van der Waals surface area contributed by atoms with Crippen LogP contribution in [0.1, 0.15) is 5.56 Å². The average Bonchev–Trinajstić information content (AvgIpc) is 2.41. The van der Waals surface area contributed by atoms with Gasteiger partial charge in [-0.3, -0.25) is 9.59 Å². The minimum absolute atomic E-state index is 0.0275. The fraction of sp³-hybridized carbons (Fsp3) is 0.429. The molecule has 1 saturated heterocycles. The van der Waals surface area contributed by atoms with Gasteiger partial charge in [0.1, 0.15) is 6.61 Å². The van der Waals surface area contributed by atoms with Gasteiger partial charge < -0.3 is 15.0 Å². The number of morpholine rings is 1. The van der Waals surface area contributed by atoms with E-state index in [-0.39, 0.29) is 24.8 Å². The Morgan fingerprint density at radius 2 is 2.30 bits per heavy atom. The predicted octanol–water partition coefficient (Wildman–Crippen LogP) is 0.857. The molecule has 1 aliphatic heterocycles. The van der Waals surface area contributed by atoms with Gasteiger partial charge in [-0.15, -0.1) is 0 Å². The molecule has 2 amide bonds. The Morgan fingerprint density at radius 3 is 3.05 bits per heavy atom. The first kappa shape index (κ1) is 14.8. The molecule has 2 rings (SSSR count). The zero-order valence-electron chi connectivity index (χ0n) is 11.1. The molecule has 0 unspecified atom stereocenters. The molecule has 1 aromatic rings. The fourth-order valence-corrected chi connectivity index (χ4v) is 2.22. The van der Waals surface area contributed by atoms with Gasteiger partial charge in [-0.1, -0.05) is 23.7 Å². The van der Waals surface area contributed by atoms with Gasteiger partial charge in [-0.2, -0.15) is 0 Å². The summed E-state index contributed by atoms with van der Waals surface area (Å²) in [5.41, 5.74) is 0.873. The van der Waals surface area contributed by atoms with Gasteiger partial charge in [-0.25, -0.2) is 0 Å². The Labute approximate surface area is 122 Å². The van der Waals surface area contributed by atoms with Crippen molar-refractivity contribution in [2.75, 3.05) is 32.8 Å². The maximum atomic E-state index is 11.8. The molecule has 20 heavy (non-hydrogen) atoms. The Balaban J connectivity index is 1.71. The summed E-state index contributed by atoms with van der Waals surface area (Å²) in [6, 6.07) is 7.22. The first-order valence-corrected chi connectivity index (χ1v) is 6.89. The van der Waals surface area contributed by atoms with Crippen molar-refractivity contribution in [1.82, 2.24) is 10.2 Å². The van der Waals surface area contributed by atoms with E-state index in [2.05, 4.69) is 5.32 Å². The molecule has 0 spiro atoms. The number of halogens is 1. The summed E-state index contributed by atoms with van der Waals surface area (Å²) in [4.78, 5) is 24.9. The summed E-state index contributed by atoms with van der Waals surface area (Å²) in [5, 5.41) is 3.42. The van der Waals surface area contributed by atoms with Crippen molar-refractivity contribution in [1.29, 1.82) is 0 Å². The molecule has 0 bridgehead atoms. The van der Waals surface area contributed by atoms with Crippen LogP contribution in [0.2, 0.25) is 5.02 Å². The van der Waals surface area contributed by atoms with Crippen LogP contribution in [0.3, 0.4) is 0 Å². The Hall–Kier alpha value is -1.59. The van der Waals surface area contributed by atoms with Crippen molar-refractivity contribution in [3.05, 3.63) is 34.9 Å². The van der Waals surface area contributed by atoms with Crippen molar-refractivity contribution in [2.45, 2.75) is 6.42 Å². The highest BCUT2D eigenvalue weighted by Crippen LogP contribution is 2.10. The molecule has 0 saturated carbocycles. The SMILES string of the molecule is O=C(Cc1cccc(Cl)c1)NCCN1CCOCC1=O. The van der Waals surface area contributed by atoms with E-state index in [1.54, 1.807) is 17.0 Å². The highest BCUT2D eigenvalue weighted by Gasteiger charge is 2.17. The second-order valence-corrected chi connectivity index (χ2v) is 5.03. The summed E-state index contributed by atoms with van der Waals surface area (Å²) in [7, 11) is 0. The monoisotopic (exact) mass is 296 g/mol. The predicted molar refractivity (Wildman–Crippen MR) is 75.6 cm³/mol. The lowest BCUT2D eigenvalue weighted by atomic mass is 10.1. The standard InChI is InChI=1S/C14H17ClN2O3/c15-12-3-1-2-11(8-12)9-13(18)16-4-5-17-6-7-20-10-14(17)19/h1-3,8H,4-7,9-10H2,(H,16,18). The molecule has 1 fully saturated rings. The van der Waals surface area contributed by atoms with Gasteiger partial charge in [0.25, 0.3) is 0 Å². The smallest absolute Gasteiger partial charge is 0.248 e. The summed E-state index contributed by atoms with van der Waals surface area (Å²) in [6.07, 6.45) is 0.289. The zero-order chi connectivity index (χ0) is 14.4. The van der Waals surface area contributed by atoms with Gasteiger partial charge in [0, 0.05) is 24.7 Å². The third kappa shape index (κ3) is 4.51. The third-order valence-corrected chi connectivity index (χ3v) is 3.28. The van der Waals surface area contributed by atoms with Gasteiger partial charge in [0.2, 0.25) is 11.8 Å². The molecule has 0 aromatic heterocycles. The fourth-order valence-electron chi connectivity index (χ4n) is 2.01. The van der Waals surface area contributed by atoms with E-state index in [0.717, 1.165) is 5.56 Å². The third-order valence-electron chi connectivity index (χ3n) is 3.04. The molecular weight excluding hydrogens is 280 g/mol. The Kier molecular flexibility index (Phi) is 5.38. The molecule has 5 nitrogen and oxygen atoms in total. The van der Waals surface area contributed by atoms with Crippen LogP contribution < -0.4 is 5.32 Å². The number of ether oxygens (including phenoxy) is 1. The highest BCUT2D eigenvalue weighted by atomic mass is 35.5. The quantitative estimate of drug-likeness (QED) is 0.877. The summed E-state index contributed by atoms with van der Waals surface area (Å²) in [6.45, 7) is 2.25. The minimum Gasteiger partial charge on any atom is -0.370 e. The largest absolute Gasteiger partial charge is 0.370 e. The first-order chi connectivity index (χ1) is 9.65. The number of rotatable bonds is 5. The van der Waals surface area contributed by atoms with Crippen LogP contribution in [-0.2, 0) is 20.7 Å². The molecule has 0 atom stereocenters. The average molecular weight is 297 g/mol. The van der Waals surface area contributed by atoms with Crippen molar-refractivity contribution in [3.8, 4) is 0 Å². The van der Waals surface area contributed by atoms with Crippen molar-refractivity contribution < 1.29 is 14.3 Å². The number of carbonyl (C=O) groups excluding carboxylic acids is 2. The Bertz CT molecular complexity index is 493.